The molecule has 0 aliphatic heterocycles. The van der Waals surface area contributed by atoms with Gasteiger partial charge in [-0.1, -0.05) is 37.5 Å². The average Bonchev–Trinajstić information content (AvgIpc) is 3.20. The molecule has 1 aliphatic carbocycles. The SMILES string of the molecule is C=C/C=C(\C=C)CCc1ccc(S(=O)(=O)NC2(C)CC2)cc1N. The van der Waals surface area contributed by atoms with Crippen molar-refractivity contribution in [2.75, 3.05) is 5.73 Å². The number of benzene rings is 1. The number of anilines is 1. The first-order valence-corrected chi connectivity index (χ1v) is 9.14. The van der Waals surface area contributed by atoms with Crippen molar-refractivity contribution in [2.45, 2.75) is 43.0 Å². The lowest BCUT2D eigenvalue weighted by Crippen LogP contribution is -2.34. The van der Waals surface area contributed by atoms with Crippen molar-refractivity contribution in [3.63, 3.8) is 0 Å². The monoisotopic (exact) mass is 332 g/mol. The molecule has 0 bridgehead atoms. The summed E-state index contributed by atoms with van der Waals surface area (Å²) in [5, 5.41) is 0. The van der Waals surface area contributed by atoms with E-state index in [4.69, 9.17) is 5.73 Å². The van der Waals surface area contributed by atoms with Crippen molar-refractivity contribution in [1.82, 2.24) is 4.72 Å². The number of hydrogen-bond donors (Lipinski definition) is 2. The van der Waals surface area contributed by atoms with Crippen LogP contribution in [0.25, 0.3) is 0 Å². The molecule has 124 valence electrons. The van der Waals surface area contributed by atoms with Crippen molar-refractivity contribution in [3.8, 4) is 0 Å². The van der Waals surface area contributed by atoms with Crippen LogP contribution in [0.1, 0.15) is 31.7 Å². The highest BCUT2D eigenvalue weighted by Crippen LogP contribution is 2.36. The second-order valence-corrected chi connectivity index (χ2v) is 7.89. The highest BCUT2D eigenvalue weighted by atomic mass is 32.2. The van der Waals surface area contributed by atoms with Gasteiger partial charge in [-0.05, 0) is 55.9 Å². The molecule has 0 amide bonds. The molecule has 0 unspecified atom stereocenters. The van der Waals surface area contributed by atoms with Gasteiger partial charge in [-0.2, -0.15) is 0 Å². The summed E-state index contributed by atoms with van der Waals surface area (Å²) in [5.74, 6) is 0. The first-order chi connectivity index (χ1) is 10.8. The Labute approximate surface area is 138 Å². The molecule has 0 radical (unpaired) electrons. The molecular formula is C18H24N2O2S. The number of allylic oxidation sites excluding steroid dienone is 4. The van der Waals surface area contributed by atoms with Gasteiger partial charge in [0.2, 0.25) is 10.0 Å². The standard InChI is InChI=1S/C18H24N2O2S/c1-4-6-14(5-2)7-8-15-9-10-16(13-17(15)19)23(21,22)20-18(3)11-12-18/h4-6,9-10,13,20H,1-2,7-8,11-12,19H2,3H3/b14-6+. The maximum atomic E-state index is 12.3. The van der Waals surface area contributed by atoms with Crippen LogP contribution < -0.4 is 10.5 Å². The first kappa shape index (κ1) is 17.5. The molecule has 1 aliphatic rings. The second-order valence-electron chi connectivity index (χ2n) is 6.21. The van der Waals surface area contributed by atoms with Gasteiger partial charge in [0.1, 0.15) is 0 Å². The molecule has 0 saturated heterocycles. The van der Waals surface area contributed by atoms with Crippen LogP contribution in [-0.2, 0) is 16.4 Å². The van der Waals surface area contributed by atoms with Gasteiger partial charge in [0, 0.05) is 11.2 Å². The third kappa shape index (κ3) is 4.56. The Kier molecular flexibility index (Phi) is 5.12. The van der Waals surface area contributed by atoms with Crippen molar-refractivity contribution in [2.24, 2.45) is 0 Å². The van der Waals surface area contributed by atoms with Crippen LogP contribution in [0.5, 0.6) is 0 Å². The number of sulfonamides is 1. The quantitative estimate of drug-likeness (QED) is 0.566. The molecule has 1 aromatic carbocycles. The Bertz CT molecular complexity index is 744. The van der Waals surface area contributed by atoms with E-state index in [0.29, 0.717) is 5.69 Å². The minimum absolute atomic E-state index is 0.220. The lowest BCUT2D eigenvalue weighted by Gasteiger charge is -2.14. The molecule has 1 aromatic rings. The van der Waals surface area contributed by atoms with Crippen LogP contribution in [0.15, 0.2) is 60.1 Å². The highest BCUT2D eigenvalue weighted by molar-refractivity contribution is 7.89. The van der Waals surface area contributed by atoms with Crippen molar-refractivity contribution < 1.29 is 8.42 Å². The highest BCUT2D eigenvalue weighted by Gasteiger charge is 2.41. The van der Waals surface area contributed by atoms with E-state index >= 15 is 0 Å². The minimum Gasteiger partial charge on any atom is -0.398 e. The molecular weight excluding hydrogens is 308 g/mol. The molecule has 4 nitrogen and oxygen atoms in total. The van der Waals surface area contributed by atoms with Crippen LogP contribution >= 0.6 is 0 Å². The predicted octanol–water partition coefficient (Wildman–Crippen LogP) is 3.33. The Morgan fingerprint density at radius 2 is 2.09 bits per heavy atom. The molecule has 5 heteroatoms. The topological polar surface area (TPSA) is 72.2 Å². The normalized spacial score (nSPS) is 16.8. The first-order valence-electron chi connectivity index (χ1n) is 7.66. The molecule has 23 heavy (non-hydrogen) atoms. The fourth-order valence-corrected chi connectivity index (χ4v) is 3.82. The number of hydrogen-bond acceptors (Lipinski definition) is 3. The zero-order valence-electron chi connectivity index (χ0n) is 13.5. The fourth-order valence-electron chi connectivity index (χ4n) is 2.32. The molecule has 0 aromatic heterocycles. The van der Waals surface area contributed by atoms with Gasteiger partial charge in [0.15, 0.2) is 0 Å². The zero-order valence-corrected chi connectivity index (χ0v) is 14.3. The summed E-state index contributed by atoms with van der Waals surface area (Å²) in [6.07, 6.45) is 8.67. The number of nitrogens with one attached hydrogen (secondary N) is 1. The summed E-state index contributed by atoms with van der Waals surface area (Å²) in [5.41, 5.74) is 8.24. The van der Waals surface area contributed by atoms with Crippen LogP contribution in [-0.4, -0.2) is 14.0 Å². The van der Waals surface area contributed by atoms with Gasteiger partial charge in [0.25, 0.3) is 0 Å². The van der Waals surface area contributed by atoms with E-state index < -0.39 is 10.0 Å². The lowest BCUT2D eigenvalue weighted by molar-refractivity contribution is 0.558. The molecule has 0 spiro atoms. The van der Waals surface area contributed by atoms with Gasteiger partial charge < -0.3 is 5.73 Å². The van der Waals surface area contributed by atoms with E-state index in [1.807, 2.05) is 13.0 Å². The predicted molar refractivity (Wildman–Crippen MR) is 95.6 cm³/mol. The van der Waals surface area contributed by atoms with Gasteiger partial charge in [-0.15, -0.1) is 0 Å². The van der Waals surface area contributed by atoms with Gasteiger partial charge >= 0.3 is 0 Å². The van der Waals surface area contributed by atoms with E-state index in [-0.39, 0.29) is 10.4 Å². The van der Waals surface area contributed by atoms with Crippen molar-refractivity contribution in [3.05, 3.63) is 60.7 Å². The summed E-state index contributed by atoms with van der Waals surface area (Å²) in [4.78, 5) is 0.220. The van der Waals surface area contributed by atoms with Crippen LogP contribution in [0.2, 0.25) is 0 Å². The Morgan fingerprint density at radius 1 is 1.39 bits per heavy atom. The molecule has 1 fully saturated rings. The van der Waals surface area contributed by atoms with E-state index in [1.54, 1.807) is 24.3 Å². The van der Waals surface area contributed by atoms with Crippen LogP contribution in [0.4, 0.5) is 5.69 Å². The fraction of sp³-hybridized carbons (Fsp3) is 0.333. The third-order valence-electron chi connectivity index (χ3n) is 4.09. The molecule has 0 heterocycles. The number of nitrogens with two attached hydrogens (primary N) is 1. The Morgan fingerprint density at radius 3 is 2.61 bits per heavy atom. The van der Waals surface area contributed by atoms with Crippen molar-refractivity contribution >= 4 is 15.7 Å². The van der Waals surface area contributed by atoms with Gasteiger partial charge in [-0.3, -0.25) is 0 Å². The number of aryl methyl sites for hydroxylation is 1. The smallest absolute Gasteiger partial charge is 0.241 e. The summed E-state index contributed by atoms with van der Waals surface area (Å²) >= 11 is 0. The van der Waals surface area contributed by atoms with E-state index in [1.165, 1.54) is 6.07 Å². The van der Waals surface area contributed by atoms with E-state index in [9.17, 15) is 8.42 Å². The number of rotatable bonds is 8. The minimum atomic E-state index is -3.51. The average molecular weight is 332 g/mol. The maximum absolute atomic E-state index is 12.3. The van der Waals surface area contributed by atoms with Gasteiger partial charge in [0.05, 0.1) is 4.90 Å². The summed E-state index contributed by atoms with van der Waals surface area (Å²) < 4.78 is 27.4. The maximum Gasteiger partial charge on any atom is 0.241 e. The molecule has 2 rings (SSSR count). The number of nitrogen functional groups attached to an aromatic ring is 1. The van der Waals surface area contributed by atoms with Crippen molar-refractivity contribution in [1.29, 1.82) is 0 Å². The van der Waals surface area contributed by atoms with E-state index in [0.717, 1.165) is 36.8 Å². The van der Waals surface area contributed by atoms with E-state index in [2.05, 4.69) is 17.9 Å². The molecule has 0 atom stereocenters. The Balaban J connectivity index is 2.13. The van der Waals surface area contributed by atoms with Crippen LogP contribution in [0, 0.1) is 0 Å². The summed E-state index contributed by atoms with van der Waals surface area (Å²) in [6.45, 7) is 9.34. The molecule has 3 N–H and O–H groups in total. The lowest BCUT2D eigenvalue weighted by atomic mass is 10.0. The zero-order chi connectivity index (χ0) is 17.1. The summed E-state index contributed by atoms with van der Waals surface area (Å²) in [6, 6.07) is 4.94. The second kappa shape index (κ2) is 6.72. The van der Waals surface area contributed by atoms with Gasteiger partial charge in [-0.25, -0.2) is 13.1 Å². The Hall–Kier alpha value is -1.85. The largest absolute Gasteiger partial charge is 0.398 e. The third-order valence-corrected chi connectivity index (χ3v) is 5.72. The summed E-state index contributed by atoms with van der Waals surface area (Å²) in [7, 11) is -3.51. The van der Waals surface area contributed by atoms with Crippen LogP contribution in [0.3, 0.4) is 0 Å². The molecule has 1 saturated carbocycles.